The largest absolute Gasteiger partial charge is 0.356 e. The second-order valence-corrected chi connectivity index (χ2v) is 12.1. The minimum atomic E-state index is -0.457. The zero-order valence-corrected chi connectivity index (χ0v) is 24.2. The maximum absolute atomic E-state index is 13.0. The van der Waals surface area contributed by atoms with Crippen molar-refractivity contribution in [3.05, 3.63) is 82.5 Å². The number of aromatic nitrogens is 2. The van der Waals surface area contributed by atoms with E-state index < -0.39 is 5.41 Å². The van der Waals surface area contributed by atoms with Gasteiger partial charge in [0, 0.05) is 43.6 Å². The normalized spacial score (nSPS) is 17.7. The Balaban J connectivity index is 1.24. The number of carbonyl (C=O) groups excluding carboxylic acids is 2. The summed E-state index contributed by atoms with van der Waals surface area (Å²) in [7, 11) is 0. The first-order valence-corrected chi connectivity index (χ1v) is 15.1. The van der Waals surface area contributed by atoms with Crippen molar-refractivity contribution in [2.45, 2.75) is 55.9 Å². The molecule has 1 amide bonds. The van der Waals surface area contributed by atoms with E-state index in [9.17, 15) is 9.59 Å². The highest BCUT2D eigenvalue weighted by Crippen LogP contribution is 2.38. The quantitative estimate of drug-likeness (QED) is 0.188. The molecule has 3 heterocycles. The molecule has 8 heteroatoms. The lowest BCUT2D eigenvalue weighted by molar-refractivity contribution is -0.123. The molecule has 2 aliphatic heterocycles. The third kappa shape index (κ3) is 6.30. The topological polar surface area (TPSA) is 66.4 Å². The van der Waals surface area contributed by atoms with Crippen LogP contribution in [0.2, 0.25) is 5.15 Å². The van der Waals surface area contributed by atoms with Gasteiger partial charge < -0.3 is 9.80 Å². The predicted molar refractivity (Wildman–Crippen MR) is 158 cm³/mol. The summed E-state index contributed by atoms with van der Waals surface area (Å²) >= 11 is 7.93. The molecule has 204 valence electrons. The number of rotatable bonds is 7. The van der Waals surface area contributed by atoms with Gasteiger partial charge in [-0.1, -0.05) is 72.8 Å². The number of hydrogen-bond donors (Lipinski definition) is 0. The summed E-state index contributed by atoms with van der Waals surface area (Å²) < 4.78 is 0. The lowest BCUT2D eigenvalue weighted by atomic mass is 9.70. The summed E-state index contributed by atoms with van der Waals surface area (Å²) in [4.78, 5) is 39.2. The SMILES string of the molecule is CC(=O)C1(c2ccccc2)CCN(c2cc(Cl)nc(SCc3cccc(C(=O)N4CCC(C)CC4)c3)n2)CC1. The Morgan fingerprint density at radius 1 is 0.974 bits per heavy atom. The maximum Gasteiger partial charge on any atom is 0.253 e. The van der Waals surface area contributed by atoms with E-state index in [0.717, 1.165) is 61.3 Å². The van der Waals surface area contributed by atoms with E-state index in [2.05, 4.69) is 28.9 Å². The van der Waals surface area contributed by atoms with Crippen molar-refractivity contribution in [2.24, 2.45) is 5.92 Å². The second kappa shape index (κ2) is 12.1. The first-order chi connectivity index (χ1) is 18.8. The van der Waals surface area contributed by atoms with Crippen molar-refractivity contribution in [3.63, 3.8) is 0 Å². The maximum atomic E-state index is 13.0. The fourth-order valence-electron chi connectivity index (χ4n) is 5.67. The van der Waals surface area contributed by atoms with E-state index in [1.54, 1.807) is 13.0 Å². The summed E-state index contributed by atoms with van der Waals surface area (Å²) in [6.07, 6.45) is 3.59. The zero-order valence-electron chi connectivity index (χ0n) is 22.6. The van der Waals surface area contributed by atoms with Crippen LogP contribution in [-0.2, 0) is 16.0 Å². The van der Waals surface area contributed by atoms with Crippen LogP contribution in [0, 0.1) is 5.92 Å². The molecule has 0 aliphatic carbocycles. The van der Waals surface area contributed by atoms with Gasteiger partial charge in [0.2, 0.25) is 0 Å². The van der Waals surface area contributed by atoms with E-state index in [0.29, 0.717) is 35.1 Å². The van der Waals surface area contributed by atoms with Crippen LogP contribution in [0.3, 0.4) is 0 Å². The highest BCUT2D eigenvalue weighted by Gasteiger charge is 2.40. The number of amides is 1. The van der Waals surface area contributed by atoms with Crippen LogP contribution >= 0.6 is 23.4 Å². The van der Waals surface area contributed by atoms with Gasteiger partial charge in [-0.25, -0.2) is 9.97 Å². The molecule has 5 rings (SSSR count). The lowest BCUT2D eigenvalue weighted by Crippen LogP contribution is -2.47. The Labute approximate surface area is 240 Å². The number of hydrogen-bond acceptors (Lipinski definition) is 6. The van der Waals surface area contributed by atoms with Gasteiger partial charge in [0.05, 0.1) is 5.41 Å². The predicted octanol–water partition coefficient (Wildman–Crippen LogP) is 6.42. The van der Waals surface area contributed by atoms with Crippen molar-refractivity contribution in [2.75, 3.05) is 31.1 Å². The van der Waals surface area contributed by atoms with Crippen LogP contribution < -0.4 is 4.90 Å². The fraction of sp³-hybridized carbons (Fsp3) is 0.419. The molecule has 39 heavy (non-hydrogen) atoms. The van der Waals surface area contributed by atoms with Gasteiger partial charge in [-0.2, -0.15) is 0 Å². The Bertz CT molecular complexity index is 1320. The Morgan fingerprint density at radius 2 is 1.69 bits per heavy atom. The summed E-state index contributed by atoms with van der Waals surface area (Å²) in [5.74, 6) is 2.42. The molecule has 1 aromatic heterocycles. The number of benzene rings is 2. The molecular formula is C31H35ClN4O2S. The molecule has 2 saturated heterocycles. The molecule has 0 unspecified atom stereocenters. The van der Waals surface area contributed by atoms with Crippen LogP contribution in [0.15, 0.2) is 65.8 Å². The van der Waals surface area contributed by atoms with Crippen molar-refractivity contribution in [1.82, 2.24) is 14.9 Å². The highest BCUT2D eigenvalue weighted by atomic mass is 35.5. The number of ketones is 1. The summed E-state index contributed by atoms with van der Waals surface area (Å²) in [6, 6.07) is 19.8. The number of Topliss-reactive ketones (excluding diaryl/α,β-unsaturated/α-hetero) is 1. The van der Waals surface area contributed by atoms with Gasteiger partial charge in [-0.05, 0) is 61.8 Å². The Morgan fingerprint density at radius 3 is 2.38 bits per heavy atom. The fourth-order valence-corrected chi connectivity index (χ4v) is 6.69. The first-order valence-electron chi connectivity index (χ1n) is 13.7. The van der Waals surface area contributed by atoms with Crippen LogP contribution in [-0.4, -0.2) is 52.7 Å². The molecule has 0 radical (unpaired) electrons. The molecule has 6 nitrogen and oxygen atoms in total. The van der Waals surface area contributed by atoms with Gasteiger partial charge >= 0.3 is 0 Å². The molecule has 0 atom stereocenters. The minimum Gasteiger partial charge on any atom is -0.356 e. The first kappa shape index (κ1) is 27.7. The van der Waals surface area contributed by atoms with Crippen LogP contribution in [0.5, 0.6) is 0 Å². The van der Waals surface area contributed by atoms with Gasteiger partial charge in [0.25, 0.3) is 5.91 Å². The van der Waals surface area contributed by atoms with Crippen LogP contribution in [0.4, 0.5) is 5.82 Å². The van der Waals surface area contributed by atoms with E-state index in [-0.39, 0.29) is 11.7 Å². The van der Waals surface area contributed by atoms with Crippen molar-refractivity contribution >= 4 is 40.9 Å². The number of thioether (sulfide) groups is 1. The Kier molecular flexibility index (Phi) is 8.57. The van der Waals surface area contributed by atoms with E-state index in [1.807, 2.05) is 47.4 Å². The average Bonchev–Trinajstić information content (AvgIpc) is 2.96. The summed E-state index contributed by atoms with van der Waals surface area (Å²) in [6.45, 7) is 7.03. The van der Waals surface area contributed by atoms with Gasteiger partial charge in [-0.3, -0.25) is 9.59 Å². The van der Waals surface area contributed by atoms with E-state index in [1.165, 1.54) is 11.8 Å². The smallest absolute Gasteiger partial charge is 0.253 e. The molecular weight excluding hydrogens is 528 g/mol. The summed E-state index contributed by atoms with van der Waals surface area (Å²) in [5, 5.41) is 1.00. The Hall–Kier alpha value is -2.90. The number of piperidine rings is 2. The molecule has 0 saturated carbocycles. The number of nitrogens with zero attached hydrogens (tertiary/aromatic N) is 4. The van der Waals surface area contributed by atoms with E-state index >= 15 is 0 Å². The monoisotopic (exact) mass is 562 g/mol. The van der Waals surface area contributed by atoms with Crippen molar-refractivity contribution in [3.8, 4) is 0 Å². The van der Waals surface area contributed by atoms with Crippen LogP contribution in [0.25, 0.3) is 0 Å². The molecule has 2 aromatic carbocycles. The molecule has 2 aliphatic rings. The number of anilines is 1. The van der Waals surface area contributed by atoms with Crippen molar-refractivity contribution in [1.29, 1.82) is 0 Å². The van der Waals surface area contributed by atoms with Crippen LogP contribution in [0.1, 0.15) is 61.0 Å². The number of likely N-dealkylation sites (tertiary alicyclic amines) is 1. The highest BCUT2D eigenvalue weighted by molar-refractivity contribution is 7.98. The average molecular weight is 563 g/mol. The van der Waals surface area contributed by atoms with Crippen molar-refractivity contribution < 1.29 is 9.59 Å². The molecule has 0 bridgehead atoms. The number of carbonyl (C=O) groups is 2. The number of halogens is 1. The molecule has 0 N–H and O–H groups in total. The molecule has 0 spiro atoms. The zero-order chi connectivity index (χ0) is 27.4. The minimum absolute atomic E-state index is 0.109. The molecule has 3 aromatic rings. The van der Waals surface area contributed by atoms with Gasteiger partial charge in [0.15, 0.2) is 5.16 Å². The third-order valence-corrected chi connectivity index (χ3v) is 9.33. The standard InChI is InChI=1S/C31H35ClN4O2S/c1-22-11-15-36(16-12-22)29(38)25-8-6-7-24(19-25)21-39-30-33-27(32)20-28(34-30)35-17-13-31(14-18-35,23(2)37)26-9-4-3-5-10-26/h3-10,19-20,22H,11-18,21H2,1-2H3. The van der Waals surface area contributed by atoms with E-state index in [4.69, 9.17) is 16.6 Å². The van der Waals surface area contributed by atoms with Gasteiger partial charge in [-0.15, -0.1) is 0 Å². The molecule has 2 fully saturated rings. The van der Waals surface area contributed by atoms with Gasteiger partial charge in [0.1, 0.15) is 16.8 Å². The third-order valence-electron chi connectivity index (χ3n) is 8.21. The summed E-state index contributed by atoms with van der Waals surface area (Å²) in [5.41, 5.74) is 2.41. The lowest BCUT2D eigenvalue weighted by Gasteiger charge is -2.41. The second-order valence-electron chi connectivity index (χ2n) is 10.8.